The molecule has 0 bridgehead atoms. The number of aromatic nitrogens is 4. The number of carbonyl (C=O) groups is 3. The molecule has 14 heteroatoms. The van der Waals surface area contributed by atoms with Crippen LogP contribution < -0.4 is 5.32 Å². The van der Waals surface area contributed by atoms with Gasteiger partial charge in [0.2, 0.25) is 5.91 Å². The number of imidazole rings is 2. The molecule has 2 aromatic heterocycles. The van der Waals surface area contributed by atoms with E-state index in [4.69, 9.17) is 14.7 Å². The number of rotatable bonds is 10. The Morgan fingerprint density at radius 3 is 2.19 bits per heavy atom. The van der Waals surface area contributed by atoms with Gasteiger partial charge in [0.05, 0.1) is 42.6 Å². The van der Waals surface area contributed by atoms with E-state index in [1.807, 2.05) is 55.1 Å². The van der Waals surface area contributed by atoms with Crippen molar-refractivity contribution in [2.24, 2.45) is 5.92 Å². The average Bonchev–Trinajstić information content (AvgIpc) is 4.13. The highest BCUT2D eigenvalue weighted by atomic mass is 16.7. The van der Waals surface area contributed by atoms with Crippen molar-refractivity contribution in [2.75, 3.05) is 20.2 Å². The summed E-state index contributed by atoms with van der Waals surface area (Å²) in [5.74, 6) is 1.14. The summed E-state index contributed by atoms with van der Waals surface area (Å²) in [6.45, 7) is 6.57. The standard InChI is InChI=1S/C48H52N8O6/c1-28(2)43(53-47(58)62-4)46(57)54-22-8-12-41(54)45-50-38-21-18-32(26-39(38)51-45)31-16-19-36-33(24-31)14-15-34-25-35(17-20-37(34)36)40-27-49-44(52-40)42-13-9-23-55(42)56(61,48(59)60)29(3)30-10-6-5-7-11-30/h5-7,10-11,16-21,24-29,41-43,61H,8-9,12-15,22-23H2,1-4H3,(H3-,49,50,51,52,53,58,59,60)/p+1. The van der Waals surface area contributed by atoms with Gasteiger partial charge in [-0.25, -0.2) is 14.8 Å². The molecule has 5 unspecified atom stereocenters. The van der Waals surface area contributed by atoms with Crippen molar-refractivity contribution < 1.29 is 34.2 Å². The molecule has 9 rings (SSSR count). The molecule has 5 N–H and O–H groups in total. The molecular formula is C48H53N8O6+. The number of fused-ring (bicyclic) bond motifs is 4. The van der Waals surface area contributed by atoms with Gasteiger partial charge in [0.1, 0.15) is 23.7 Å². The normalized spacial score (nSPS) is 19.5. The van der Waals surface area contributed by atoms with Crippen LogP contribution in [0.4, 0.5) is 9.59 Å². The van der Waals surface area contributed by atoms with E-state index in [0.717, 1.165) is 76.9 Å². The Labute approximate surface area is 360 Å². The molecule has 320 valence electrons. The van der Waals surface area contributed by atoms with E-state index >= 15 is 0 Å². The van der Waals surface area contributed by atoms with Crippen LogP contribution in [0.3, 0.4) is 0 Å². The third-order valence-electron chi connectivity index (χ3n) is 13.2. The summed E-state index contributed by atoms with van der Waals surface area (Å²) in [6.07, 6.45) is 4.66. The maximum Gasteiger partial charge on any atom is 0.568 e. The Morgan fingerprint density at radius 1 is 0.823 bits per heavy atom. The van der Waals surface area contributed by atoms with Gasteiger partial charge >= 0.3 is 12.2 Å². The topological polar surface area (TPSA) is 177 Å². The molecule has 3 aliphatic rings. The molecule has 0 saturated carbocycles. The number of hydrogen-bond acceptors (Lipinski definition) is 8. The van der Waals surface area contributed by atoms with Crippen molar-refractivity contribution in [3.05, 3.63) is 119 Å². The molecule has 2 aliphatic heterocycles. The molecule has 0 radical (unpaired) electrons. The van der Waals surface area contributed by atoms with E-state index < -0.39 is 35.1 Å². The summed E-state index contributed by atoms with van der Waals surface area (Å²) >= 11 is 0. The first-order valence-electron chi connectivity index (χ1n) is 21.6. The van der Waals surface area contributed by atoms with Crippen LogP contribution in [0.1, 0.15) is 92.9 Å². The fraction of sp³-hybridized carbons (Fsp3) is 0.354. The predicted molar refractivity (Wildman–Crippen MR) is 233 cm³/mol. The Balaban J connectivity index is 0.921. The zero-order valence-corrected chi connectivity index (χ0v) is 35.5. The summed E-state index contributed by atoms with van der Waals surface area (Å²) < 4.78 is 3.54. The minimum absolute atomic E-state index is 0.109. The van der Waals surface area contributed by atoms with Crippen molar-refractivity contribution >= 4 is 29.1 Å². The van der Waals surface area contributed by atoms with Gasteiger partial charge in [-0.2, -0.15) is 10.0 Å². The smallest absolute Gasteiger partial charge is 0.453 e. The fourth-order valence-electron chi connectivity index (χ4n) is 9.79. The number of quaternary nitrogens is 1. The maximum atomic E-state index is 13.7. The van der Waals surface area contributed by atoms with Gasteiger partial charge in [-0.3, -0.25) is 4.79 Å². The number of likely N-dealkylation sites (tertiary alicyclic amines) is 1. The predicted octanol–water partition coefficient (Wildman–Crippen LogP) is 9.13. The quantitative estimate of drug-likeness (QED) is 0.0512. The minimum Gasteiger partial charge on any atom is -0.453 e. The number of amides is 3. The Bertz CT molecular complexity index is 2660. The summed E-state index contributed by atoms with van der Waals surface area (Å²) in [5.41, 5.74) is 11.5. The van der Waals surface area contributed by atoms with Crippen molar-refractivity contribution in [1.29, 1.82) is 0 Å². The summed E-state index contributed by atoms with van der Waals surface area (Å²) in [4.78, 5) is 57.0. The van der Waals surface area contributed by atoms with Crippen molar-refractivity contribution in [2.45, 2.75) is 83.5 Å². The number of hydroxylamine groups is 2. The van der Waals surface area contributed by atoms with E-state index in [2.05, 4.69) is 63.8 Å². The first kappa shape index (κ1) is 41.0. The molecule has 62 heavy (non-hydrogen) atoms. The summed E-state index contributed by atoms with van der Waals surface area (Å²) in [7, 11) is 1.30. The number of aryl methyl sites for hydroxylation is 2. The monoisotopic (exact) mass is 837 g/mol. The third-order valence-corrected chi connectivity index (χ3v) is 13.2. The number of carbonyl (C=O) groups excluding carboxylic acids is 2. The number of alkyl carbamates (subject to hydrolysis) is 1. The SMILES string of the molecule is COC(=O)NC(C(=O)N1CCCC1c1nc2ccc(-c3ccc4c(c3)CCc3cc(-c5cnc(C6CCCN6[N+](O)(C(=O)O)C(C)c6ccccc6)[nH]5)ccc3-4)cc2[nH]1)C(C)C. The van der Waals surface area contributed by atoms with Gasteiger partial charge in [-0.05, 0) is 109 Å². The lowest BCUT2D eigenvalue weighted by molar-refractivity contribution is -1.15. The number of carboxylic acid groups (broad SMARTS) is 1. The lowest BCUT2D eigenvalue weighted by Gasteiger charge is -2.38. The second-order valence-corrected chi connectivity index (χ2v) is 17.2. The highest BCUT2D eigenvalue weighted by molar-refractivity contribution is 5.87. The molecule has 3 amide bonds. The van der Waals surface area contributed by atoms with Crippen molar-refractivity contribution in [3.8, 4) is 33.5 Å². The van der Waals surface area contributed by atoms with Crippen LogP contribution in [-0.2, 0) is 22.4 Å². The molecular weight excluding hydrogens is 785 g/mol. The molecule has 4 aromatic carbocycles. The third kappa shape index (κ3) is 7.31. The van der Waals surface area contributed by atoms with Gasteiger partial charge in [0.15, 0.2) is 6.04 Å². The number of benzene rings is 4. The maximum absolute atomic E-state index is 13.7. The molecule has 1 aliphatic carbocycles. The van der Waals surface area contributed by atoms with Crippen molar-refractivity contribution in [3.63, 3.8) is 0 Å². The van der Waals surface area contributed by atoms with Gasteiger partial charge in [0.25, 0.3) is 0 Å². The molecule has 0 spiro atoms. The van der Waals surface area contributed by atoms with E-state index in [1.54, 1.807) is 18.1 Å². The number of aromatic amines is 2. The Kier molecular flexibility index (Phi) is 10.9. The first-order chi connectivity index (χ1) is 29.9. The van der Waals surface area contributed by atoms with Crippen LogP contribution in [0, 0.1) is 5.92 Å². The second-order valence-electron chi connectivity index (χ2n) is 17.2. The van der Waals surface area contributed by atoms with Crippen molar-refractivity contribution in [1.82, 2.24) is 35.2 Å². The fourth-order valence-corrected chi connectivity index (χ4v) is 9.79. The zero-order valence-electron chi connectivity index (χ0n) is 35.5. The summed E-state index contributed by atoms with van der Waals surface area (Å²) in [5, 5.41) is 26.6. The highest BCUT2D eigenvalue weighted by Gasteiger charge is 2.55. The largest absolute Gasteiger partial charge is 0.568 e. The van der Waals surface area contributed by atoms with Gasteiger partial charge < -0.3 is 30.0 Å². The van der Waals surface area contributed by atoms with Gasteiger partial charge in [-0.1, -0.05) is 80.6 Å². The number of nitrogens with zero attached hydrogens (tertiary/aromatic N) is 5. The Morgan fingerprint density at radius 2 is 1.48 bits per heavy atom. The number of nitrogens with one attached hydrogen (secondary N) is 3. The van der Waals surface area contributed by atoms with Crippen LogP contribution in [-0.4, -0.2) is 89.2 Å². The number of hydrogen-bond donors (Lipinski definition) is 5. The molecule has 5 atom stereocenters. The van der Waals surface area contributed by atoms with Crippen LogP contribution in [0.2, 0.25) is 0 Å². The number of methoxy groups -OCH3 is 1. The van der Waals surface area contributed by atoms with Crippen LogP contribution in [0.25, 0.3) is 44.5 Å². The van der Waals surface area contributed by atoms with Crippen LogP contribution in [0.15, 0.2) is 91.1 Å². The lowest BCUT2D eigenvalue weighted by Crippen LogP contribution is -2.61. The van der Waals surface area contributed by atoms with E-state index in [0.29, 0.717) is 25.3 Å². The number of ether oxygens (including phenoxy) is 1. The highest BCUT2D eigenvalue weighted by Crippen LogP contribution is 2.42. The molecule has 4 heterocycles. The summed E-state index contributed by atoms with van der Waals surface area (Å²) in [6, 6.07) is 26.6. The van der Waals surface area contributed by atoms with E-state index in [1.165, 1.54) is 29.4 Å². The van der Waals surface area contributed by atoms with Crippen LogP contribution in [0.5, 0.6) is 0 Å². The van der Waals surface area contributed by atoms with E-state index in [9.17, 15) is 24.7 Å². The van der Waals surface area contributed by atoms with E-state index in [-0.39, 0.29) is 17.9 Å². The van der Waals surface area contributed by atoms with Gasteiger partial charge in [-0.15, -0.1) is 5.01 Å². The van der Waals surface area contributed by atoms with Crippen LogP contribution >= 0.6 is 0 Å². The zero-order chi connectivity index (χ0) is 43.3. The minimum atomic E-state index is -1.33. The molecule has 2 saturated heterocycles. The number of H-pyrrole nitrogens is 2. The molecule has 14 nitrogen and oxygen atoms in total. The Hall–Kier alpha value is -6.35. The second kappa shape index (κ2) is 16.5. The first-order valence-corrected chi connectivity index (χ1v) is 21.6. The van der Waals surface area contributed by atoms with Gasteiger partial charge in [0, 0.05) is 16.9 Å². The molecule has 6 aromatic rings. The molecule has 2 fully saturated rings. The lowest BCUT2D eigenvalue weighted by atomic mass is 9.83. The average molecular weight is 838 g/mol.